The molecule has 1 heterocycles. The Labute approximate surface area is 145 Å². The van der Waals surface area contributed by atoms with Gasteiger partial charge in [0, 0.05) is 18.0 Å². The molecule has 0 radical (unpaired) electrons. The van der Waals surface area contributed by atoms with Crippen LogP contribution in [0.4, 0.5) is 0 Å². The van der Waals surface area contributed by atoms with E-state index in [2.05, 4.69) is 59.9 Å². The predicted octanol–water partition coefficient (Wildman–Crippen LogP) is 5.05. The molecule has 0 amide bonds. The number of benzene rings is 2. The van der Waals surface area contributed by atoms with Crippen LogP contribution in [0.3, 0.4) is 0 Å². The first kappa shape index (κ1) is 15.7. The first-order valence-corrected chi connectivity index (χ1v) is 9.40. The maximum Gasteiger partial charge on any atom is 0.124 e. The van der Waals surface area contributed by atoms with Crippen molar-refractivity contribution in [1.29, 1.82) is 0 Å². The van der Waals surface area contributed by atoms with Crippen LogP contribution in [0, 0.1) is 0 Å². The molecule has 2 aromatic carbocycles. The Kier molecular flexibility index (Phi) is 4.57. The van der Waals surface area contributed by atoms with Crippen LogP contribution >= 0.6 is 0 Å². The summed E-state index contributed by atoms with van der Waals surface area (Å²) >= 11 is 0. The zero-order chi connectivity index (χ0) is 16.2. The summed E-state index contributed by atoms with van der Waals surface area (Å²) in [7, 11) is 0. The molecule has 2 aromatic rings. The second kappa shape index (κ2) is 6.98. The molecule has 1 fully saturated rings. The highest BCUT2D eigenvalue weighted by Crippen LogP contribution is 2.45. The highest BCUT2D eigenvalue weighted by atomic mass is 16.5. The van der Waals surface area contributed by atoms with Gasteiger partial charge in [0.25, 0.3) is 0 Å². The number of hydrogen-bond acceptors (Lipinski definition) is 2. The van der Waals surface area contributed by atoms with Crippen molar-refractivity contribution in [2.45, 2.75) is 56.6 Å². The third-order valence-corrected chi connectivity index (χ3v) is 5.61. The Morgan fingerprint density at radius 2 is 1.67 bits per heavy atom. The van der Waals surface area contributed by atoms with E-state index >= 15 is 0 Å². The lowest BCUT2D eigenvalue weighted by atomic mass is 9.77. The van der Waals surface area contributed by atoms with E-state index in [1.54, 1.807) is 0 Å². The summed E-state index contributed by atoms with van der Waals surface area (Å²) in [5, 5.41) is 3.82. The zero-order valence-electron chi connectivity index (χ0n) is 14.3. The van der Waals surface area contributed by atoms with Gasteiger partial charge in [0.05, 0.1) is 0 Å². The third-order valence-electron chi connectivity index (χ3n) is 5.61. The van der Waals surface area contributed by atoms with Crippen molar-refractivity contribution in [2.75, 3.05) is 6.54 Å². The van der Waals surface area contributed by atoms with Crippen molar-refractivity contribution in [2.24, 2.45) is 0 Å². The fourth-order valence-corrected chi connectivity index (χ4v) is 4.34. The molecule has 1 saturated carbocycles. The zero-order valence-corrected chi connectivity index (χ0v) is 14.3. The van der Waals surface area contributed by atoms with Gasteiger partial charge in [0.1, 0.15) is 11.4 Å². The van der Waals surface area contributed by atoms with Gasteiger partial charge in [0.2, 0.25) is 0 Å². The van der Waals surface area contributed by atoms with E-state index in [0.717, 1.165) is 25.1 Å². The van der Waals surface area contributed by atoms with E-state index in [1.165, 1.54) is 43.2 Å². The number of hydrogen-bond donors (Lipinski definition) is 1. The second-order valence-electron chi connectivity index (χ2n) is 7.33. The minimum Gasteiger partial charge on any atom is -0.487 e. The molecular formula is C22H27NO. The summed E-state index contributed by atoms with van der Waals surface area (Å²) in [6.45, 7) is 1.01. The molecule has 4 rings (SSSR count). The summed E-state index contributed by atoms with van der Waals surface area (Å²) < 4.78 is 6.52. The van der Waals surface area contributed by atoms with Crippen LogP contribution in [-0.4, -0.2) is 12.1 Å². The van der Waals surface area contributed by atoms with Gasteiger partial charge in [0.15, 0.2) is 0 Å². The molecule has 1 unspecified atom stereocenters. The minimum atomic E-state index is 0.0665. The van der Waals surface area contributed by atoms with Crippen molar-refractivity contribution < 1.29 is 4.74 Å². The first-order valence-electron chi connectivity index (χ1n) is 9.40. The average Bonchev–Trinajstić information content (AvgIpc) is 2.63. The maximum absolute atomic E-state index is 6.52. The summed E-state index contributed by atoms with van der Waals surface area (Å²) in [6, 6.07) is 19.8. The van der Waals surface area contributed by atoms with Crippen LogP contribution in [0.2, 0.25) is 0 Å². The number of fused-ring (bicyclic) bond motifs is 1. The molecule has 1 atom stereocenters. The molecule has 2 aliphatic rings. The third kappa shape index (κ3) is 3.34. The van der Waals surface area contributed by atoms with Crippen LogP contribution in [0.25, 0.3) is 0 Å². The van der Waals surface area contributed by atoms with Crippen molar-refractivity contribution in [1.82, 2.24) is 5.32 Å². The van der Waals surface area contributed by atoms with Crippen LogP contribution in [0.1, 0.15) is 55.7 Å². The predicted molar refractivity (Wildman–Crippen MR) is 98.4 cm³/mol. The van der Waals surface area contributed by atoms with Crippen molar-refractivity contribution >= 4 is 0 Å². The molecule has 0 aromatic heterocycles. The molecule has 1 aliphatic heterocycles. The molecule has 0 saturated heterocycles. The Morgan fingerprint density at radius 3 is 2.50 bits per heavy atom. The van der Waals surface area contributed by atoms with E-state index in [9.17, 15) is 0 Å². The lowest BCUT2D eigenvalue weighted by molar-refractivity contribution is -0.00257. The van der Waals surface area contributed by atoms with E-state index < -0.39 is 0 Å². The average molecular weight is 321 g/mol. The molecule has 2 nitrogen and oxygen atoms in total. The van der Waals surface area contributed by atoms with E-state index in [-0.39, 0.29) is 5.60 Å². The van der Waals surface area contributed by atoms with Gasteiger partial charge in [-0.2, -0.15) is 0 Å². The Morgan fingerprint density at radius 1 is 0.917 bits per heavy atom. The molecule has 24 heavy (non-hydrogen) atoms. The van der Waals surface area contributed by atoms with Crippen LogP contribution in [-0.2, 0) is 6.42 Å². The van der Waals surface area contributed by atoms with Gasteiger partial charge in [-0.25, -0.2) is 0 Å². The molecule has 126 valence electrons. The Balaban J connectivity index is 1.48. The van der Waals surface area contributed by atoms with Crippen molar-refractivity contribution in [3.8, 4) is 5.75 Å². The Hall–Kier alpha value is -1.80. The number of rotatable bonds is 4. The first-order chi connectivity index (χ1) is 11.8. The van der Waals surface area contributed by atoms with Crippen LogP contribution in [0.5, 0.6) is 5.75 Å². The smallest absolute Gasteiger partial charge is 0.124 e. The van der Waals surface area contributed by atoms with E-state index in [1.807, 2.05) is 0 Å². The number of para-hydroxylation sites is 1. The summed E-state index contributed by atoms with van der Waals surface area (Å²) in [6.07, 6.45) is 8.57. The highest BCUT2D eigenvalue weighted by Gasteiger charge is 2.41. The molecule has 1 spiro atoms. The highest BCUT2D eigenvalue weighted by molar-refractivity contribution is 5.39. The summed E-state index contributed by atoms with van der Waals surface area (Å²) in [4.78, 5) is 0. The lowest BCUT2D eigenvalue weighted by Gasteiger charge is -2.44. The normalized spacial score (nSPS) is 21.9. The molecule has 1 aliphatic carbocycles. The van der Waals surface area contributed by atoms with Gasteiger partial charge < -0.3 is 10.1 Å². The van der Waals surface area contributed by atoms with Crippen molar-refractivity contribution in [3.63, 3.8) is 0 Å². The van der Waals surface area contributed by atoms with Gasteiger partial charge in [-0.15, -0.1) is 0 Å². The van der Waals surface area contributed by atoms with Gasteiger partial charge in [-0.3, -0.25) is 0 Å². The SMILES string of the molecule is c1ccc(CCNC2CC3(CCCCC3)Oc3ccccc32)cc1. The van der Waals surface area contributed by atoms with Gasteiger partial charge >= 0.3 is 0 Å². The Bertz CT molecular complexity index is 661. The largest absolute Gasteiger partial charge is 0.487 e. The lowest BCUT2D eigenvalue weighted by Crippen LogP contribution is -2.45. The topological polar surface area (TPSA) is 21.3 Å². The standard InChI is InChI=1S/C22H27NO/c1-3-9-18(10-4-1)13-16-23-20-17-22(14-7-2-8-15-22)24-21-12-6-5-11-19(20)21/h1,3-6,9-12,20,23H,2,7-8,13-17H2. The van der Waals surface area contributed by atoms with Crippen molar-refractivity contribution in [3.05, 3.63) is 65.7 Å². The summed E-state index contributed by atoms with van der Waals surface area (Å²) in [5.74, 6) is 1.10. The van der Waals surface area contributed by atoms with Crippen LogP contribution in [0.15, 0.2) is 54.6 Å². The minimum absolute atomic E-state index is 0.0665. The summed E-state index contributed by atoms with van der Waals surface area (Å²) in [5.41, 5.74) is 2.80. The quantitative estimate of drug-likeness (QED) is 0.851. The van der Waals surface area contributed by atoms with Gasteiger partial charge in [-0.05, 0) is 50.3 Å². The molecular weight excluding hydrogens is 294 g/mol. The maximum atomic E-state index is 6.52. The fourth-order valence-electron chi connectivity index (χ4n) is 4.34. The van der Waals surface area contributed by atoms with E-state index in [0.29, 0.717) is 6.04 Å². The van der Waals surface area contributed by atoms with Crippen LogP contribution < -0.4 is 10.1 Å². The number of ether oxygens (including phenoxy) is 1. The van der Waals surface area contributed by atoms with E-state index in [4.69, 9.17) is 4.74 Å². The second-order valence-corrected chi connectivity index (χ2v) is 7.33. The number of nitrogens with one attached hydrogen (secondary N) is 1. The molecule has 1 N–H and O–H groups in total. The molecule has 2 heteroatoms. The fraction of sp³-hybridized carbons (Fsp3) is 0.455. The monoisotopic (exact) mass is 321 g/mol. The molecule has 0 bridgehead atoms. The van der Waals surface area contributed by atoms with Gasteiger partial charge in [-0.1, -0.05) is 55.0 Å².